The first-order valence-corrected chi connectivity index (χ1v) is 8.58. The Morgan fingerprint density at radius 2 is 1.65 bits per heavy atom. The molecule has 4 heteroatoms. The Balaban J connectivity index is 1.78. The van der Waals surface area contributed by atoms with Gasteiger partial charge in [0.25, 0.3) is 11.7 Å². The van der Waals surface area contributed by atoms with Gasteiger partial charge in [-0.3, -0.25) is 9.59 Å². The molecule has 0 aliphatic rings. The molecule has 0 aliphatic carbocycles. The van der Waals surface area contributed by atoms with Crippen molar-refractivity contribution in [1.82, 2.24) is 4.57 Å². The van der Waals surface area contributed by atoms with Crippen molar-refractivity contribution in [2.45, 2.75) is 27.3 Å². The molecule has 4 nitrogen and oxygen atoms in total. The average molecular weight is 346 g/mol. The van der Waals surface area contributed by atoms with Crippen LogP contribution in [0.5, 0.6) is 0 Å². The van der Waals surface area contributed by atoms with Gasteiger partial charge in [0, 0.05) is 18.4 Å². The van der Waals surface area contributed by atoms with Crippen molar-refractivity contribution in [3.8, 4) is 0 Å². The lowest BCUT2D eigenvalue weighted by molar-refractivity contribution is -0.112. The molecule has 0 radical (unpaired) electrons. The molecule has 3 aromatic rings. The smallest absolute Gasteiger partial charge is 0.298 e. The van der Waals surface area contributed by atoms with Crippen molar-refractivity contribution in [3.63, 3.8) is 0 Å². The SMILES string of the molecule is Cc1ccc(Cn2cccc2C(=O)C(=O)Nc2cccc(C)c2C)cc1. The Kier molecular flexibility index (Phi) is 5.03. The van der Waals surface area contributed by atoms with E-state index in [1.807, 2.05) is 63.4 Å². The Morgan fingerprint density at radius 3 is 2.38 bits per heavy atom. The van der Waals surface area contributed by atoms with Gasteiger partial charge < -0.3 is 9.88 Å². The van der Waals surface area contributed by atoms with Crippen LogP contribution in [0.4, 0.5) is 5.69 Å². The normalized spacial score (nSPS) is 10.6. The molecule has 0 aliphatic heterocycles. The molecule has 1 aromatic heterocycles. The second kappa shape index (κ2) is 7.40. The lowest BCUT2D eigenvalue weighted by Crippen LogP contribution is -2.25. The zero-order valence-electron chi connectivity index (χ0n) is 15.2. The van der Waals surface area contributed by atoms with Crippen LogP contribution in [0, 0.1) is 20.8 Å². The second-order valence-electron chi connectivity index (χ2n) is 6.54. The van der Waals surface area contributed by atoms with Crippen LogP contribution in [-0.2, 0) is 11.3 Å². The monoisotopic (exact) mass is 346 g/mol. The summed E-state index contributed by atoms with van der Waals surface area (Å²) in [5.41, 5.74) is 5.34. The number of rotatable bonds is 5. The van der Waals surface area contributed by atoms with Crippen LogP contribution >= 0.6 is 0 Å². The number of carbonyl (C=O) groups excluding carboxylic acids is 2. The molecule has 0 saturated heterocycles. The van der Waals surface area contributed by atoms with E-state index in [4.69, 9.17) is 0 Å². The number of aromatic nitrogens is 1. The Hall–Kier alpha value is -3.14. The maximum atomic E-state index is 12.6. The number of aryl methyl sites for hydroxylation is 2. The van der Waals surface area contributed by atoms with E-state index in [0.717, 1.165) is 16.7 Å². The molecule has 0 saturated carbocycles. The van der Waals surface area contributed by atoms with Gasteiger partial charge in [-0.25, -0.2) is 0 Å². The lowest BCUT2D eigenvalue weighted by Gasteiger charge is -2.11. The summed E-state index contributed by atoms with van der Waals surface area (Å²) in [6, 6.07) is 17.2. The summed E-state index contributed by atoms with van der Waals surface area (Å²) in [6.45, 7) is 6.48. The van der Waals surface area contributed by atoms with E-state index in [1.165, 1.54) is 5.56 Å². The fourth-order valence-corrected chi connectivity index (χ4v) is 2.83. The Labute approximate surface area is 153 Å². The van der Waals surface area contributed by atoms with E-state index in [1.54, 1.807) is 22.8 Å². The molecule has 132 valence electrons. The van der Waals surface area contributed by atoms with Crippen LogP contribution in [0.1, 0.15) is 32.7 Å². The van der Waals surface area contributed by atoms with Crippen molar-refractivity contribution < 1.29 is 9.59 Å². The van der Waals surface area contributed by atoms with Crippen molar-refractivity contribution >= 4 is 17.4 Å². The Bertz CT molecular complexity index is 953. The highest BCUT2D eigenvalue weighted by molar-refractivity contribution is 6.46. The van der Waals surface area contributed by atoms with Crippen LogP contribution in [0.3, 0.4) is 0 Å². The predicted octanol–water partition coefficient (Wildman–Crippen LogP) is 4.28. The molecule has 1 N–H and O–H groups in total. The summed E-state index contributed by atoms with van der Waals surface area (Å²) < 4.78 is 1.80. The van der Waals surface area contributed by atoms with Gasteiger partial charge in [0.05, 0.1) is 5.69 Å². The summed E-state index contributed by atoms with van der Waals surface area (Å²) in [6.07, 6.45) is 1.82. The number of hydrogen-bond acceptors (Lipinski definition) is 2. The number of Topliss-reactive ketones (excluding diaryl/α,β-unsaturated/α-hetero) is 1. The summed E-state index contributed by atoms with van der Waals surface area (Å²) in [4.78, 5) is 25.1. The largest absolute Gasteiger partial charge is 0.340 e. The number of anilines is 1. The third-order valence-electron chi connectivity index (χ3n) is 4.59. The fourth-order valence-electron chi connectivity index (χ4n) is 2.83. The Morgan fingerprint density at radius 1 is 0.923 bits per heavy atom. The number of hydrogen-bond donors (Lipinski definition) is 1. The highest BCUT2D eigenvalue weighted by Gasteiger charge is 2.20. The van der Waals surface area contributed by atoms with Crippen molar-refractivity contribution in [2.24, 2.45) is 0 Å². The van der Waals surface area contributed by atoms with Gasteiger partial charge in [0.1, 0.15) is 0 Å². The van der Waals surface area contributed by atoms with E-state index in [-0.39, 0.29) is 0 Å². The van der Waals surface area contributed by atoms with Gasteiger partial charge in [0.15, 0.2) is 0 Å². The van der Waals surface area contributed by atoms with Crippen LogP contribution in [0.15, 0.2) is 60.8 Å². The molecule has 2 aromatic carbocycles. The standard InChI is InChI=1S/C22H22N2O2/c1-15-9-11-18(12-10-15)14-24-13-5-8-20(24)21(25)22(26)23-19-7-4-6-16(2)17(19)3/h4-13H,14H2,1-3H3,(H,23,26). The maximum Gasteiger partial charge on any atom is 0.298 e. The molecule has 3 rings (SSSR count). The molecule has 1 heterocycles. The van der Waals surface area contributed by atoms with Crippen molar-refractivity contribution in [2.75, 3.05) is 5.32 Å². The first-order valence-electron chi connectivity index (χ1n) is 8.58. The minimum atomic E-state index is -0.623. The van der Waals surface area contributed by atoms with Gasteiger partial charge in [0.2, 0.25) is 0 Å². The van der Waals surface area contributed by atoms with Crippen LogP contribution < -0.4 is 5.32 Å². The third-order valence-corrected chi connectivity index (χ3v) is 4.59. The van der Waals surface area contributed by atoms with Crippen LogP contribution in [-0.4, -0.2) is 16.3 Å². The van der Waals surface area contributed by atoms with Gasteiger partial charge in [-0.1, -0.05) is 42.0 Å². The van der Waals surface area contributed by atoms with Gasteiger partial charge >= 0.3 is 0 Å². The van der Waals surface area contributed by atoms with Crippen LogP contribution in [0.25, 0.3) is 0 Å². The van der Waals surface area contributed by atoms with Gasteiger partial charge in [-0.05, 0) is 55.7 Å². The number of ketones is 1. The molecule has 0 unspecified atom stereocenters. The maximum absolute atomic E-state index is 12.6. The molecule has 26 heavy (non-hydrogen) atoms. The summed E-state index contributed by atoms with van der Waals surface area (Å²) in [5, 5.41) is 2.74. The van der Waals surface area contributed by atoms with Crippen molar-refractivity contribution in [1.29, 1.82) is 0 Å². The third kappa shape index (κ3) is 3.75. The highest BCUT2D eigenvalue weighted by Crippen LogP contribution is 2.18. The average Bonchev–Trinajstić information content (AvgIpc) is 3.08. The summed E-state index contributed by atoms with van der Waals surface area (Å²) >= 11 is 0. The van der Waals surface area contributed by atoms with E-state index in [2.05, 4.69) is 5.32 Å². The lowest BCUT2D eigenvalue weighted by atomic mass is 10.1. The topological polar surface area (TPSA) is 51.1 Å². The minimum Gasteiger partial charge on any atom is -0.340 e. The molecule has 0 spiro atoms. The summed E-state index contributed by atoms with van der Waals surface area (Å²) in [5.74, 6) is -1.16. The zero-order valence-corrected chi connectivity index (χ0v) is 15.2. The number of carbonyl (C=O) groups is 2. The number of amides is 1. The van der Waals surface area contributed by atoms with Crippen LogP contribution in [0.2, 0.25) is 0 Å². The molecule has 1 amide bonds. The predicted molar refractivity (Wildman–Crippen MR) is 104 cm³/mol. The molecular weight excluding hydrogens is 324 g/mol. The van der Waals surface area contributed by atoms with E-state index < -0.39 is 11.7 Å². The van der Waals surface area contributed by atoms with E-state index in [9.17, 15) is 9.59 Å². The molecule has 0 atom stereocenters. The van der Waals surface area contributed by atoms with Crippen molar-refractivity contribution in [3.05, 3.63) is 88.7 Å². The molecule has 0 fully saturated rings. The second-order valence-corrected chi connectivity index (χ2v) is 6.54. The van der Waals surface area contributed by atoms with E-state index >= 15 is 0 Å². The van der Waals surface area contributed by atoms with Gasteiger partial charge in [-0.2, -0.15) is 0 Å². The number of benzene rings is 2. The highest BCUT2D eigenvalue weighted by atomic mass is 16.2. The van der Waals surface area contributed by atoms with E-state index in [0.29, 0.717) is 17.9 Å². The summed E-state index contributed by atoms with van der Waals surface area (Å²) in [7, 11) is 0. The zero-order chi connectivity index (χ0) is 18.7. The molecular formula is C22H22N2O2. The van der Waals surface area contributed by atoms with Gasteiger partial charge in [-0.15, -0.1) is 0 Å². The quantitative estimate of drug-likeness (QED) is 0.554. The fraction of sp³-hybridized carbons (Fsp3) is 0.182. The minimum absolute atomic E-state index is 0.383. The number of nitrogens with one attached hydrogen (secondary N) is 1. The number of nitrogens with zero attached hydrogens (tertiary/aromatic N) is 1. The first kappa shape index (κ1) is 17.7. The molecule has 0 bridgehead atoms. The first-order chi connectivity index (χ1) is 12.5.